The van der Waals surface area contributed by atoms with Gasteiger partial charge in [-0.25, -0.2) is 4.98 Å². The fourth-order valence-electron chi connectivity index (χ4n) is 3.78. The summed E-state index contributed by atoms with van der Waals surface area (Å²) < 4.78 is 80.1. The van der Waals surface area contributed by atoms with Crippen LogP contribution >= 0.6 is 0 Å². The molecule has 1 saturated heterocycles. The molecule has 2 atom stereocenters. The predicted octanol–water partition coefficient (Wildman–Crippen LogP) is 4.71. The number of para-hydroxylation sites is 1. The number of carbonyl (C=O) groups excluding carboxylic acids is 1. The van der Waals surface area contributed by atoms with E-state index in [2.05, 4.69) is 4.98 Å². The third kappa shape index (κ3) is 4.17. The van der Waals surface area contributed by atoms with E-state index in [0.29, 0.717) is 37.9 Å². The topological polar surface area (TPSA) is 53.4 Å². The molecule has 1 aromatic carbocycles. The Balaban J connectivity index is 2.24. The molecular weight excluding hydrogens is 402 g/mol. The van der Waals surface area contributed by atoms with Gasteiger partial charge in [0.05, 0.1) is 17.1 Å². The molecule has 1 aromatic heterocycles. The number of pyridine rings is 1. The van der Waals surface area contributed by atoms with Crippen LogP contribution in [0.3, 0.4) is 0 Å². The summed E-state index contributed by atoms with van der Waals surface area (Å²) in [6.07, 6.45) is -9.89. The second-order valence-corrected chi connectivity index (χ2v) is 7.01. The lowest BCUT2D eigenvalue weighted by atomic mass is 9.90. The predicted molar refractivity (Wildman–Crippen MR) is 91.7 cm³/mol. The van der Waals surface area contributed by atoms with Crippen LogP contribution in [-0.2, 0) is 17.1 Å². The monoisotopic (exact) mass is 420 g/mol. The highest BCUT2D eigenvalue weighted by Crippen LogP contribution is 2.40. The van der Waals surface area contributed by atoms with Crippen LogP contribution in [0.2, 0.25) is 0 Å². The van der Waals surface area contributed by atoms with Crippen LogP contribution in [0.15, 0.2) is 24.3 Å². The van der Waals surface area contributed by atoms with Crippen molar-refractivity contribution in [2.75, 3.05) is 6.54 Å². The minimum atomic E-state index is -5.01. The van der Waals surface area contributed by atoms with Gasteiger partial charge in [0.2, 0.25) is 5.91 Å². The van der Waals surface area contributed by atoms with Crippen molar-refractivity contribution in [1.82, 2.24) is 9.88 Å². The number of aromatic nitrogens is 1. The van der Waals surface area contributed by atoms with E-state index in [4.69, 9.17) is 0 Å². The van der Waals surface area contributed by atoms with Crippen LogP contribution in [0.5, 0.6) is 0 Å². The van der Waals surface area contributed by atoms with Gasteiger partial charge in [-0.1, -0.05) is 12.1 Å². The number of piperidine rings is 1. The molecule has 0 spiro atoms. The number of hydrogen-bond acceptors (Lipinski definition) is 3. The number of alkyl halides is 6. The lowest BCUT2D eigenvalue weighted by Crippen LogP contribution is -2.45. The number of amides is 1. The first-order valence-electron chi connectivity index (χ1n) is 8.94. The Morgan fingerprint density at radius 2 is 1.86 bits per heavy atom. The standard InChI is InChI=1S/C19H18F6N2O2/c1-10(28)27-8-3-2-7-14(27)17(29)12-9-15(19(23,24)25)26-16-11(12)5-4-6-13(16)18(20,21)22/h4-6,9,14,17,29H,2-3,7-8H2,1H3/t14-,17+/m1/s1. The van der Waals surface area contributed by atoms with Gasteiger partial charge in [-0.2, -0.15) is 26.3 Å². The first kappa shape index (κ1) is 21.4. The zero-order valence-corrected chi connectivity index (χ0v) is 15.3. The van der Waals surface area contributed by atoms with Crippen molar-refractivity contribution in [2.45, 2.75) is 50.7 Å². The molecule has 158 valence electrons. The van der Waals surface area contributed by atoms with Crippen molar-refractivity contribution in [3.05, 3.63) is 41.1 Å². The Labute approximate surface area is 162 Å². The Bertz CT molecular complexity index is 925. The molecule has 0 unspecified atom stereocenters. The van der Waals surface area contributed by atoms with Gasteiger partial charge in [-0.15, -0.1) is 0 Å². The molecule has 2 aromatic rings. The van der Waals surface area contributed by atoms with Crippen LogP contribution < -0.4 is 0 Å². The van der Waals surface area contributed by atoms with E-state index in [9.17, 15) is 36.2 Å². The van der Waals surface area contributed by atoms with Gasteiger partial charge >= 0.3 is 12.4 Å². The van der Waals surface area contributed by atoms with Crippen LogP contribution in [-0.4, -0.2) is 33.5 Å². The summed E-state index contributed by atoms with van der Waals surface area (Å²) >= 11 is 0. The second-order valence-electron chi connectivity index (χ2n) is 7.01. The lowest BCUT2D eigenvalue weighted by molar-refractivity contribution is -0.142. The average molecular weight is 420 g/mol. The Kier molecular flexibility index (Phi) is 5.50. The van der Waals surface area contributed by atoms with Crippen LogP contribution in [0.4, 0.5) is 26.3 Å². The van der Waals surface area contributed by atoms with E-state index in [1.54, 1.807) is 0 Å². The third-order valence-corrected chi connectivity index (χ3v) is 5.10. The number of fused-ring (bicyclic) bond motifs is 1. The Morgan fingerprint density at radius 3 is 2.45 bits per heavy atom. The highest BCUT2D eigenvalue weighted by Gasteiger charge is 2.39. The summed E-state index contributed by atoms with van der Waals surface area (Å²) in [7, 11) is 0. The third-order valence-electron chi connectivity index (χ3n) is 5.10. The molecule has 10 heteroatoms. The molecule has 0 radical (unpaired) electrons. The van der Waals surface area contributed by atoms with Gasteiger partial charge in [-0.3, -0.25) is 4.79 Å². The number of carbonyl (C=O) groups is 1. The first-order valence-corrected chi connectivity index (χ1v) is 8.94. The molecule has 4 nitrogen and oxygen atoms in total. The number of rotatable bonds is 2. The zero-order valence-electron chi connectivity index (χ0n) is 15.3. The maximum atomic E-state index is 13.4. The maximum absolute atomic E-state index is 13.4. The highest BCUT2D eigenvalue weighted by atomic mass is 19.4. The van der Waals surface area contributed by atoms with E-state index in [0.717, 1.165) is 6.07 Å². The molecule has 1 amide bonds. The quantitative estimate of drug-likeness (QED) is 0.717. The highest BCUT2D eigenvalue weighted by molar-refractivity contribution is 5.86. The molecule has 3 rings (SSSR count). The SMILES string of the molecule is CC(=O)N1CCCC[C@@H]1[C@@H](O)c1cc(C(F)(F)F)nc2c(C(F)(F)F)cccc12. The fourth-order valence-corrected chi connectivity index (χ4v) is 3.78. The molecule has 1 fully saturated rings. The minimum Gasteiger partial charge on any atom is -0.386 e. The molecule has 1 aliphatic rings. The smallest absolute Gasteiger partial charge is 0.386 e. The Hall–Kier alpha value is -2.36. The van der Waals surface area contributed by atoms with Crippen molar-refractivity contribution < 1.29 is 36.2 Å². The van der Waals surface area contributed by atoms with Crippen LogP contribution in [0, 0.1) is 0 Å². The van der Waals surface area contributed by atoms with Crippen molar-refractivity contribution in [2.24, 2.45) is 0 Å². The van der Waals surface area contributed by atoms with Crippen LogP contribution in [0.25, 0.3) is 10.9 Å². The van der Waals surface area contributed by atoms with Gasteiger partial charge in [0.15, 0.2) is 0 Å². The number of hydrogen-bond donors (Lipinski definition) is 1. The van der Waals surface area contributed by atoms with Gasteiger partial charge in [-0.05, 0) is 37.0 Å². The summed E-state index contributed by atoms with van der Waals surface area (Å²) in [5, 5.41) is 10.6. The first-order chi connectivity index (χ1) is 13.4. The second kappa shape index (κ2) is 7.47. The Morgan fingerprint density at radius 1 is 1.17 bits per heavy atom. The normalized spacial score (nSPS) is 19.4. The van der Waals surface area contributed by atoms with Crippen molar-refractivity contribution in [3.63, 3.8) is 0 Å². The summed E-state index contributed by atoms with van der Waals surface area (Å²) in [6.45, 7) is 1.60. The van der Waals surface area contributed by atoms with Gasteiger partial charge in [0.25, 0.3) is 0 Å². The summed E-state index contributed by atoms with van der Waals surface area (Å²) in [5.41, 5.74) is -4.05. The number of halogens is 6. The van der Waals surface area contributed by atoms with E-state index < -0.39 is 41.3 Å². The number of aliphatic hydroxyl groups excluding tert-OH is 1. The summed E-state index contributed by atoms with van der Waals surface area (Å²) in [4.78, 5) is 16.5. The number of nitrogens with zero attached hydrogens (tertiary/aromatic N) is 2. The molecule has 1 aliphatic heterocycles. The van der Waals surface area contributed by atoms with Crippen molar-refractivity contribution in [3.8, 4) is 0 Å². The largest absolute Gasteiger partial charge is 0.433 e. The molecule has 0 aliphatic carbocycles. The number of likely N-dealkylation sites (tertiary alicyclic amines) is 1. The molecule has 0 bridgehead atoms. The van der Waals surface area contributed by atoms with Crippen molar-refractivity contribution >= 4 is 16.8 Å². The molecular formula is C19H18F6N2O2. The number of aliphatic hydroxyl groups is 1. The van der Waals surface area contributed by atoms with Gasteiger partial charge < -0.3 is 10.0 Å². The van der Waals surface area contributed by atoms with E-state index in [1.807, 2.05) is 0 Å². The summed E-state index contributed by atoms with van der Waals surface area (Å²) in [6, 6.07) is 2.63. The van der Waals surface area contributed by atoms with Gasteiger partial charge in [0, 0.05) is 18.9 Å². The average Bonchev–Trinajstić information content (AvgIpc) is 2.64. The molecule has 1 N–H and O–H groups in total. The van der Waals surface area contributed by atoms with E-state index in [1.165, 1.54) is 17.9 Å². The molecule has 2 heterocycles. The molecule has 0 saturated carbocycles. The summed E-state index contributed by atoms with van der Waals surface area (Å²) in [5.74, 6) is -0.362. The fraction of sp³-hybridized carbons (Fsp3) is 0.474. The van der Waals surface area contributed by atoms with E-state index in [-0.39, 0.29) is 16.9 Å². The minimum absolute atomic E-state index is 0.227. The van der Waals surface area contributed by atoms with Crippen molar-refractivity contribution in [1.29, 1.82) is 0 Å². The molecule has 29 heavy (non-hydrogen) atoms. The van der Waals surface area contributed by atoms with E-state index >= 15 is 0 Å². The van der Waals surface area contributed by atoms with Crippen LogP contribution in [0.1, 0.15) is 49.1 Å². The number of benzene rings is 1. The van der Waals surface area contributed by atoms with Gasteiger partial charge in [0.1, 0.15) is 11.8 Å². The zero-order chi connectivity index (χ0) is 21.6. The maximum Gasteiger partial charge on any atom is 0.433 e. The lowest BCUT2D eigenvalue weighted by Gasteiger charge is -2.38.